The third kappa shape index (κ3) is 2.45. The zero-order valence-corrected chi connectivity index (χ0v) is 11.6. The van der Waals surface area contributed by atoms with Gasteiger partial charge in [0.05, 0.1) is 17.3 Å². The Balaban J connectivity index is 1.86. The van der Waals surface area contributed by atoms with Gasteiger partial charge in [0.2, 0.25) is 5.76 Å². The van der Waals surface area contributed by atoms with E-state index in [-0.39, 0.29) is 23.7 Å². The maximum atomic E-state index is 13.2. The van der Waals surface area contributed by atoms with Crippen molar-refractivity contribution in [2.45, 2.75) is 20.1 Å². The lowest BCUT2D eigenvalue weighted by molar-refractivity contribution is 0.0357. The number of aromatic nitrogens is 2. The lowest BCUT2D eigenvalue weighted by Crippen LogP contribution is -2.10. The number of benzene rings is 1. The second-order valence-electron chi connectivity index (χ2n) is 4.67. The first-order chi connectivity index (χ1) is 10.6. The summed E-state index contributed by atoms with van der Waals surface area (Å²) in [5.74, 6) is -0.677. The Hall–Kier alpha value is -2.70. The van der Waals surface area contributed by atoms with Crippen molar-refractivity contribution in [1.82, 2.24) is 9.55 Å². The van der Waals surface area contributed by atoms with E-state index in [2.05, 4.69) is 4.98 Å². The van der Waals surface area contributed by atoms with Crippen LogP contribution in [0.5, 0.6) is 0 Å². The van der Waals surface area contributed by atoms with Gasteiger partial charge in [-0.05, 0) is 25.1 Å². The highest BCUT2D eigenvalue weighted by molar-refractivity contribution is 5.87. The molecule has 0 aliphatic heterocycles. The van der Waals surface area contributed by atoms with Crippen LogP contribution in [0.4, 0.5) is 8.78 Å². The van der Waals surface area contributed by atoms with E-state index in [1.807, 2.05) is 0 Å². The smallest absolute Gasteiger partial charge is 0.374 e. The molecule has 22 heavy (non-hydrogen) atoms. The summed E-state index contributed by atoms with van der Waals surface area (Å²) >= 11 is 0. The highest BCUT2D eigenvalue weighted by Crippen LogP contribution is 2.23. The largest absolute Gasteiger partial charge is 0.457 e. The van der Waals surface area contributed by atoms with Crippen molar-refractivity contribution < 1.29 is 22.7 Å². The zero-order valence-electron chi connectivity index (χ0n) is 11.6. The molecule has 0 fully saturated rings. The van der Waals surface area contributed by atoms with Crippen LogP contribution < -0.4 is 0 Å². The quantitative estimate of drug-likeness (QED) is 0.690. The Bertz CT molecular complexity index is 823. The average molecular weight is 306 g/mol. The van der Waals surface area contributed by atoms with Gasteiger partial charge in [-0.25, -0.2) is 9.78 Å². The van der Waals surface area contributed by atoms with Crippen molar-refractivity contribution in [2.75, 3.05) is 0 Å². The van der Waals surface area contributed by atoms with Gasteiger partial charge in [-0.15, -0.1) is 0 Å². The molecule has 3 rings (SSSR count). The van der Waals surface area contributed by atoms with Crippen molar-refractivity contribution >= 4 is 17.0 Å². The molecule has 0 saturated carbocycles. The standard InChI is InChI=1S/C15H12F2N2O3/c1-9-6-7-21-13(9)14(20)22-8-12-18-10-4-2-3-5-11(10)19(12)15(16)17/h2-7,15H,8H2,1H3. The van der Waals surface area contributed by atoms with Gasteiger partial charge in [-0.3, -0.25) is 4.57 Å². The Morgan fingerprint density at radius 3 is 2.82 bits per heavy atom. The van der Waals surface area contributed by atoms with Crippen molar-refractivity contribution in [1.29, 1.82) is 0 Å². The number of furan rings is 1. The first-order valence-corrected chi connectivity index (χ1v) is 6.53. The maximum absolute atomic E-state index is 13.2. The van der Waals surface area contributed by atoms with E-state index in [0.717, 1.165) is 4.57 Å². The van der Waals surface area contributed by atoms with E-state index in [1.54, 1.807) is 31.2 Å². The molecule has 0 saturated heterocycles. The molecule has 7 heteroatoms. The molecule has 0 atom stereocenters. The molecule has 0 aliphatic carbocycles. The topological polar surface area (TPSA) is 57.3 Å². The van der Waals surface area contributed by atoms with Gasteiger partial charge in [0.1, 0.15) is 6.61 Å². The fraction of sp³-hybridized carbons (Fsp3) is 0.200. The van der Waals surface area contributed by atoms with Crippen molar-refractivity contribution in [3.05, 3.63) is 53.7 Å². The summed E-state index contributed by atoms with van der Waals surface area (Å²) in [5, 5.41) is 0. The predicted molar refractivity (Wildman–Crippen MR) is 73.6 cm³/mol. The van der Waals surface area contributed by atoms with Crippen LogP contribution in [0.1, 0.15) is 28.5 Å². The van der Waals surface area contributed by atoms with Crippen LogP contribution in [0.15, 0.2) is 41.0 Å². The number of nitrogens with zero attached hydrogens (tertiary/aromatic N) is 2. The Labute approximate surface area is 124 Å². The number of rotatable bonds is 4. The predicted octanol–water partition coefficient (Wildman–Crippen LogP) is 3.69. The van der Waals surface area contributed by atoms with Crippen molar-refractivity contribution in [2.24, 2.45) is 0 Å². The van der Waals surface area contributed by atoms with Gasteiger partial charge in [0.15, 0.2) is 5.82 Å². The average Bonchev–Trinajstić information content (AvgIpc) is 3.07. The van der Waals surface area contributed by atoms with E-state index in [1.165, 1.54) is 12.3 Å². The number of halogens is 2. The van der Waals surface area contributed by atoms with Crippen LogP contribution in [0, 0.1) is 6.92 Å². The van der Waals surface area contributed by atoms with E-state index in [9.17, 15) is 13.6 Å². The molecule has 2 aromatic heterocycles. The molecule has 0 N–H and O–H groups in total. The third-order valence-electron chi connectivity index (χ3n) is 3.24. The molecule has 0 radical (unpaired) electrons. The number of para-hydroxylation sites is 2. The number of carbonyl (C=O) groups excluding carboxylic acids is 1. The number of imidazole rings is 1. The minimum Gasteiger partial charge on any atom is -0.457 e. The number of esters is 1. The Morgan fingerprint density at radius 2 is 2.14 bits per heavy atom. The van der Waals surface area contributed by atoms with Crippen LogP contribution >= 0.6 is 0 Å². The number of carbonyl (C=O) groups is 1. The summed E-state index contributed by atoms with van der Waals surface area (Å²) in [7, 11) is 0. The summed E-state index contributed by atoms with van der Waals surface area (Å²) in [6.07, 6.45) is 1.36. The van der Waals surface area contributed by atoms with Gasteiger partial charge in [-0.2, -0.15) is 8.78 Å². The SMILES string of the molecule is Cc1ccoc1C(=O)OCc1nc2ccccc2n1C(F)F. The minimum absolute atomic E-state index is 0.0197. The maximum Gasteiger partial charge on any atom is 0.374 e. The first-order valence-electron chi connectivity index (χ1n) is 6.53. The Morgan fingerprint density at radius 1 is 1.36 bits per heavy atom. The molecule has 0 aliphatic rings. The van der Waals surface area contributed by atoms with Gasteiger partial charge in [-0.1, -0.05) is 12.1 Å². The number of ether oxygens (including phenoxy) is 1. The van der Waals surface area contributed by atoms with Crippen molar-refractivity contribution in [3.8, 4) is 0 Å². The van der Waals surface area contributed by atoms with Crippen LogP contribution in [0.25, 0.3) is 11.0 Å². The summed E-state index contributed by atoms with van der Waals surface area (Å²) < 4.78 is 37.2. The summed E-state index contributed by atoms with van der Waals surface area (Å²) in [4.78, 5) is 15.9. The molecule has 5 nitrogen and oxygen atoms in total. The monoisotopic (exact) mass is 306 g/mol. The highest BCUT2D eigenvalue weighted by Gasteiger charge is 2.20. The molecule has 0 bridgehead atoms. The second-order valence-corrected chi connectivity index (χ2v) is 4.67. The molecular formula is C15H12F2N2O3. The molecule has 0 unspecified atom stereocenters. The van der Waals surface area contributed by atoms with Crippen LogP contribution in [0.2, 0.25) is 0 Å². The van der Waals surface area contributed by atoms with Crippen LogP contribution in [-0.4, -0.2) is 15.5 Å². The van der Waals surface area contributed by atoms with Gasteiger partial charge in [0, 0.05) is 5.56 Å². The molecule has 0 spiro atoms. The van der Waals surface area contributed by atoms with E-state index in [0.29, 0.717) is 11.1 Å². The lowest BCUT2D eigenvalue weighted by Gasteiger charge is -2.08. The molecule has 0 amide bonds. The number of fused-ring (bicyclic) bond motifs is 1. The molecule has 3 aromatic rings. The zero-order chi connectivity index (χ0) is 15.7. The number of alkyl halides is 2. The third-order valence-corrected chi connectivity index (χ3v) is 3.24. The summed E-state index contributed by atoms with van der Waals surface area (Å²) in [6, 6.07) is 8.12. The van der Waals surface area contributed by atoms with Gasteiger partial charge >= 0.3 is 12.5 Å². The normalized spacial score (nSPS) is 11.3. The summed E-state index contributed by atoms with van der Waals surface area (Å²) in [5.41, 5.74) is 1.33. The van der Waals surface area contributed by atoms with E-state index >= 15 is 0 Å². The van der Waals surface area contributed by atoms with E-state index < -0.39 is 12.5 Å². The molecule has 2 heterocycles. The Kier molecular flexibility index (Phi) is 3.62. The van der Waals surface area contributed by atoms with Gasteiger partial charge < -0.3 is 9.15 Å². The van der Waals surface area contributed by atoms with Crippen LogP contribution in [0.3, 0.4) is 0 Å². The highest BCUT2D eigenvalue weighted by atomic mass is 19.3. The lowest BCUT2D eigenvalue weighted by atomic mass is 10.3. The van der Waals surface area contributed by atoms with Crippen molar-refractivity contribution in [3.63, 3.8) is 0 Å². The molecule has 114 valence electrons. The van der Waals surface area contributed by atoms with E-state index in [4.69, 9.17) is 9.15 Å². The fourth-order valence-corrected chi connectivity index (χ4v) is 2.19. The van der Waals surface area contributed by atoms with Gasteiger partial charge in [0.25, 0.3) is 0 Å². The first kappa shape index (κ1) is 14.2. The second kappa shape index (κ2) is 5.59. The minimum atomic E-state index is -2.77. The number of hydrogen-bond acceptors (Lipinski definition) is 4. The summed E-state index contributed by atoms with van der Waals surface area (Å²) in [6.45, 7) is -1.45. The fourth-order valence-electron chi connectivity index (χ4n) is 2.19. The number of hydrogen-bond donors (Lipinski definition) is 0. The number of aryl methyl sites for hydroxylation is 1. The molecule has 1 aromatic carbocycles. The van der Waals surface area contributed by atoms with Crippen LogP contribution in [-0.2, 0) is 11.3 Å². The molecular weight excluding hydrogens is 294 g/mol.